The first-order valence-corrected chi connectivity index (χ1v) is 9.96. The zero-order chi connectivity index (χ0) is 20.4. The number of carbonyl (C=O) groups is 1. The van der Waals surface area contributed by atoms with E-state index in [-0.39, 0.29) is 18.2 Å². The van der Waals surface area contributed by atoms with Gasteiger partial charge in [0.1, 0.15) is 6.61 Å². The summed E-state index contributed by atoms with van der Waals surface area (Å²) in [6.07, 6.45) is 0. The number of anilines is 1. The lowest BCUT2D eigenvalue weighted by Gasteiger charge is -2.17. The minimum Gasteiger partial charge on any atom is -0.390 e. The zero-order valence-corrected chi connectivity index (χ0v) is 17.4. The number of halogens is 3. The van der Waals surface area contributed by atoms with Crippen LogP contribution in [0.5, 0.6) is 0 Å². The molecule has 0 saturated carbocycles. The standard InChI is InChI=1S/C22H15Cl3N2O2/c23-16-8-5-14(6-9-16)13-29-26-21-17-3-1-2-4-20(17)27(22(21)28)12-15-7-10-18(24)19(25)11-15/h1-11H,12-13H2. The third-order valence-corrected chi connectivity index (χ3v) is 5.51. The predicted octanol–water partition coefficient (Wildman–Crippen LogP) is 6.11. The maximum atomic E-state index is 13.0. The van der Waals surface area contributed by atoms with Crippen molar-refractivity contribution in [1.29, 1.82) is 0 Å². The summed E-state index contributed by atoms with van der Waals surface area (Å²) in [7, 11) is 0. The van der Waals surface area contributed by atoms with Gasteiger partial charge in [0, 0.05) is 10.6 Å². The molecule has 146 valence electrons. The molecule has 0 spiro atoms. The van der Waals surface area contributed by atoms with Crippen LogP contribution < -0.4 is 4.90 Å². The highest BCUT2D eigenvalue weighted by atomic mass is 35.5. The average molecular weight is 446 g/mol. The van der Waals surface area contributed by atoms with Crippen molar-refractivity contribution in [2.24, 2.45) is 5.16 Å². The first-order valence-electron chi connectivity index (χ1n) is 8.82. The Bertz CT molecular complexity index is 1100. The molecule has 0 N–H and O–H groups in total. The highest BCUT2D eigenvalue weighted by Gasteiger charge is 2.34. The highest BCUT2D eigenvalue weighted by molar-refractivity contribution is 6.54. The van der Waals surface area contributed by atoms with Gasteiger partial charge in [0.2, 0.25) is 0 Å². The van der Waals surface area contributed by atoms with Crippen LogP contribution in [0.25, 0.3) is 0 Å². The van der Waals surface area contributed by atoms with Crippen molar-refractivity contribution in [3.63, 3.8) is 0 Å². The van der Waals surface area contributed by atoms with E-state index in [4.69, 9.17) is 39.6 Å². The Balaban J connectivity index is 1.56. The Labute approximate surface area is 183 Å². The fourth-order valence-electron chi connectivity index (χ4n) is 3.08. The predicted molar refractivity (Wildman–Crippen MR) is 117 cm³/mol. The van der Waals surface area contributed by atoms with E-state index in [0.717, 1.165) is 22.4 Å². The molecule has 1 aliphatic rings. The molecule has 1 heterocycles. The van der Waals surface area contributed by atoms with Crippen LogP contribution in [-0.2, 0) is 22.8 Å². The van der Waals surface area contributed by atoms with Crippen molar-refractivity contribution in [3.8, 4) is 0 Å². The summed E-state index contributed by atoms with van der Waals surface area (Å²) in [5.41, 5.74) is 3.55. The fourth-order valence-corrected chi connectivity index (χ4v) is 3.53. The summed E-state index contributed by atoms with van der Waals surface area (Å²) in [6.45, 7) is 0.589. The van der Waals surface area contributed by atoms with E-state index in [1.165, 1.54) is 0 Å². The molecule has 0 saturated heterocycles. The normalized spacial score (nSPS) is 14.4. The molecule has 0 aromatic heterocycles. The van der Waals surface area contributed by atoms with Gasteiger partial charge in [-0.25, -0.2) is 0 Å². The number of rotatable bonds is 5. The molecule has 29 heavy (non-hydrogen) atoms. The number of fused-ring (bicyclic) bond motifs is 1. The van der Waals surface area contributed by atoms with E-state index in [0.29, 0.717) is 21.6 Å². The first kappa shape index (κ1) is 19.8. The van der Waals surface area contributed by atoms with Crippen LogP contribution >= 0.6 is 34.8 Å². The Hall–Kier alpha value is -2.53. The molecular formula is C22H15Cl3N2O2. The molecule has 7 heteroatoms. The summed E-state index contributed by atoms with van der Waals surface area (Å²) in [5, 5.41) is 5.70. The van der Waals surface area contributed by atoms with E-state index in [1.54, 1.807) is 29.2 Å². The van der Waals surface area contributed by atoms with Gasteiger partial charge >= 0.3 is 0 Å². The van der Waals surface area contributed by atoms with Crippen LogP contribution in [-0.4, -0.2) is 11.6 Å². The lowest BCUT2D eigenvalue weighted by molar-refractivity contribution is -0.112. The van der Waals surface area contributed by atoms with Gasteiger partial charge < -0.3 is 9.74 Å². The van der Waals surface area contributed by atoms with Gasteiger partial charge in [0.15, 0.2) is 5.71 Å². The number of hydrogen-bond acceptors (Lipinski definition) is 3. The number of amides is 1. The third kappa shape index (κ3) is 4.25. The molecule has 0 unspecified atom stereocenters. The van der Waals surface area contributed by atoms with Crippen LogP contribution in [0.2, 0.25) is 15.1 Å². The zero-order valence-electron chi connectivity index (χ0n) is 15.1. The minimum absolute atomic E-state index is 0.228. The second-order valence-corrected chi connectivity index (χ2v) is 7.75. The molecule has 0 radical (unpaired) electrons. The van der Waals surface area contributed by atoms with Crippen LogP contribution in [0.15, 0.2) is 71.9 Å². The van der Waals surface area contributed by atoms with Gasteiger partial charge in [-0.1, -0.05) is 76.4 Å². The molecule has 1 amide bonds. The number of hydrogen-bond donors (Lipinski definition) is 0. The number of para-hydroxylation sites is 1. The van der Waals surface area contributed by atoms with Crippen LogP contribution in [0, 0.1) is 0 Å². The largest absolute Gasteiger partial charge is 0.390 e. The van der Waals surface area contributed by atoms with Crippen molar-refractivity contribution in [2.75, 3.05) is 4.90 Å². The molecular weight excluding hydrogens is 431 g/mol. The maximum Gasteiger partial charge on any atom is 0.281 e. The number of nitrogens with zero attached hydrogens (tertiary/aromatic N) is 2. The summed E-state index contributed by atoms with van der Waals surface area (Å²) in [4.78, 5) is 20.2. The van der Waals surface area contributed by atoms with Crippen LogP contribution in [0.3, 0.4) is 0 Å². The molecule has 4 nitrogen and oxygen atoms in total. The number of benzene rings is 3. The second-order valence-electron chi connectivity index (χ2n) is 6.50. The topological polar surface area (TPSA) is 41.9 Å². The minimum atomic E-state index is -0.228. The van der Waals surface area contributed by atoms with E-state index in [9.17, 15) is 4.79 Å². The van der Waals surface area contributed by atoms with Gasteiger partial charge in [-0.15, -0.1) is 0 Å². The molecule has 0 bridgehead atoms. The van der Waals surface area contributed by atoms with E-state index in [1.807, 2.05) is 42.5 Å². The average Bonchev–Trinajstić information content (AvgIpc) is 2.98. The summed E-state index contributed by atoms with van der Waals surface area (Å²) < 4.78 is 0. The van der Waals surface area contributed by atoms with Gasteiger partial charge in [-0.3, -0.25) is 4.79 Å². The Morgan fingerprint density at radius 2 is 1.59 bits per heavy atom. The van der Waals surface area contributed by atoms with Crippen LogP contribution in [0.1, 0.15) is 16.7 Å². The van der Waals surface area contributed by atoms with Gasteiger partial charge in [-0.05, 0) is 41.5 Å². The van der Waals surface area contributed by atoms with E-state index < -0.39 is 0 Å². The Morgan fingerprint density at radius 3 is 2.34 bits per heavy atom. The van der Waals surface area contributed by atoms with Crippen molar-refractivity contribution >= 4 is 52.1 Å². The lowest BCUT2D eigenvalue weighted by Crippen LogP contribution is -2.29. The molecule has 4 rings (SSSR count). The van der Waals surface area contributed by atoms with Crippen molar-refractivity contribution in [3.05, 3.63) is 98.5 Å². The number of carbonyl (C=O) groups excluding carboxylic acids is 1. The smallest absolute Gasteiger partial charge is 0.281 e. The van der Waals surface area contributed by atoms with Crippen molar-refractivity contribution < 1.29 is 9.63 Å². The van der Waals surface area contributed by atoms with Crippen molar-refractivity contribution in [1.82, 2.24) is 0 Å². The highest BCUT2D eigenvalue weighted by Crippen LogP contribution is 2.32. The fraction of sp³-hybridized carbons (Fsp3) is 0.0909. The molecule has 3 aromatic rings. The molecule has 0 fully saturated rings. The second kappa shape index (κ2) is 8.46. The van der Waals surface area contributed by atoms with Gasteiger partial charge in [0.05, 0.1) is 22.3 Å². The quantitative estimate of drug-likeness (QED) is 0.444. The summed E-state index contributed by atoms with van der Waals surface area (Å²) in [5.74, 6) is -0.228. The SMILES string of the molecule is O=C1C(=NOCc2ccc(Cl)cc2)c2ccccc2N1Cc1ccc(Cl)c(Cl)c1. The summed E-state index contributed by atoms with van der Waals surface area (Å²) in [6, 6.07) is 20.1. The van der Waals surface area contributed by atoms with Crippen LogP contribution in [0.4, 0.5) is 5.69 Å². The van der Waals surface area contributed by atoms with Gasteiger partial charge in [-0.2, -0.15) is 0 Å². The van der Waals surface area contributed by atoms with E-state index >= 15 is 0 Å². The summed E-state index contributed by atoms with van der Waals surface area (Å²) >= 11 is 18.0. The third-order valence-electron chi connectivity index (χ3n) is 4.52. The lowest BCUT2D eigenvalue weighted by atomic mass is 10.1. The molecule has 0 aliphatic carbocycles. The molecule has 3 aromatic carbocycles. The molecule has 1 aliphatic heterocycles. The Kier molecular flexibility index (Phi) is 5.76. The monoisotopic (exact) mass is 444 g/mol. The number of oxime groups is 1. The maximum absolute atomic E-state index is 13.0. The Morgan fingerprint density at radius 1 is 0.862 bits per heavy atom. The molecule has 0 atom stereocenters. The van der Waals surface area contributed by atoms with Crippen molar-refractivity contribution in [2.45, 2.75) is 13.2 Å². The first-order chi connectivity index (χ1) is 14.0. The van der Waals surface area contributed by atoms with E-state index in [2.05, 4.69) is 5.16 Å². The van der Waals surface area contributed by atoms with Gasteiger partial charge in [0.25, 0.3) is 5.91 Å².